The molecule has 0 saturated heterocycles. The summed E-state index contributed by atoms with van der Waals surface area (Å²) in [5.41, 5.74) is 0.0908. The van der Waals surface area contributed by atoms with E-state index in [0.29, 0.717) is 5.56 Å². The van der Waals surface area contributed by atoms with Crippen LogP contribution in [0.2, 0.25) is 0 Å². The minimum absolute atomic E-state index is 0.184. The van der Waals surface area contributed by atoms with E-state index in [-0.39, 0.29) is 23.9 Å². The van der Waals surface area contributed by atoms with Crippen LogP contribution in [-0.2, 0) is 7.05 Å². The van der Waals surface area contributed by atoms with Crippen LogP contribution in [0, 0.1) is 5.92 Å². The van der Waals surface area contributed by atoms with Crippen LogP contribution in [0.25, 0.3) is 0 Å². The number of pyridine rings is 1. The molecule has 0 spiro atoms. The number of aryl methyl sites for hydroxylation is 1. The quantitative estimate of drug-likeness (QED) is 0.804. The van der Waals surface area contributed by atoms with E-state index in [1.807, 2.05) is 13.8 Å². The molecule has 0 aromatic carbocycles. The molecule has 19 heavy (non-hydrogen) atoms. The van der Waals surface area contributed by atoms with Crippen LogP contribution in [0.3, 0.4) is 0 Å². The molecule has 1 atom stereocenters. The second kappa shape index (κ2) is 7.09. The van der Waals surface area contributed by atoms with Crippen LogP contribution < -0.4 is 10.9 Å². The van der Waals surface area contributed by atoms with Crippen LogP contribution >= 0.6 is 0 Å². The smallest absolute Gasteiger partial charge is 0.251 e. The summed E-state index contributed by atoms with van der Waals surface area (Å²) in [6.45, 7) is 4.24. The van der Waals surface area contributed by atoms with E-state index in [9.17, 15) is 14.7 Å². The molecule has 0 saturated carbocycles. The Morgan fingerprint density at radius 3 is 2.58 bits per heavy atom. The van der Waals surface area contributed by atoms with Crippen molar-refractivity contribution in [2.24, 2.45) is 13.0 Å². The van der Waals surface area contributed by atoms with E-state index < -0.39 is 6.10 Å². The van der Waals surface area contributed by atoms with Crippen molar-refractivity contribution < 1.29 is 9.90 Å². The third-order valence-corrected chi connectivity index (χ3v) is 3.43. The molecule has 1 aromatic rings. The maximum absolute atomic E-state index is 11.8. The van der Waals surface area contributed by atoms with Crippen molar-refractivity contribution >= 4 is 5.91 Å². The third kappa shape index (κ3) is 4.21. The Balaban J connectivity index is 2.60. The highest BCUT2D eigenvalue weighted by atomic mass is 16.3. The van der Waals surface area contributed by atoms with Gasteiger partial charge in [0.2, 0.25) is 0 Å². The summed E-state index contributed by atoms with van der Waals surface area (Å²) in [6.07, 6.45) is 2.75. The van der Waals surface area contributed by atoms with E-state index in [2.05, 4.69) is 5.32 Å². The van der Waals surface area contributed by atoms with Crippen molar-refractivity contribution in [1.29, 1.82) is 0 Å². The van der Waals surface area contributed by atoms with Gasteiger partial charge in [0.05, 0.1) is 6.10 Å². The van der Waals surface area contributed by atoms with Gasteiger partial charge in [-0.3, -0.25) is 9.59 Å². The Labute approximate surface area is 113 Å². The van der Waals surface area contributed by atoms with Crippen LogP contribution in [0.4, 0.5) is 0 Å². The second-order valence-electron chi connectivity index (χ2n) is 4.72. The van der Waals surface area contributed by atoms with E-state index in [1.54, 1.807) is 19.3 Å². The number of aliphatic hydroxyl groups excluding tert-OH is 1. The molecular weight excluding hydrogens is 244 g/mol. The lowest BCUT2D eigenvalue weighted by molar-refractivity contribution is 0.0816. The first-order chi connectivity index (χ1) is 8.99. The maximum atomic E-state index is 11.8. The Kier molecular flexibility index (Phi) is 5.76. The number of nitrogens with one attached hydrogen (secondary N) is 1. The Morgan fingerprint density at radius 2 is 2.05 bits per heavy atom. The molecular formula is C14H22N2O3. The highest BCUT2D eigenvalue weighted by Crippen LogP contribution is 2.12. The van der Waals surface area contributed by atoms with Crippen molar-refractivity contribution in [1.82, 2.24) is 9.88 Å². The summed E-state index contributed by atoms with van der Waals surface area (Å²) < 4.78 is 1.40. The summed E-state index contributed by atoms with van der Waals surface area (Å²) in [5.74, 6) is -0.147. The van der Waals surface area contributed by atoms with E-state index in [1.165, 1.54) is 10.6 Å². The fourth-order valence-electron chi connectivity index (χ4n) is 1.99. The lowest BCUT2D eigenvalue weighted by atomic mass is 9.96. The minimum Gasteiger partial charge on any atom is -0.391 e. The predicted octanol–water partition coefficient (Wildman–Crippen LogP) is 0.912. The van der Waals surface area contributed by atoms with Crippen LogP contribution in [0.15, 0.2) is 23.1 Å². The van der Waals surface area contributed by atoms with E-state index in [0.717, 1.165) is 12.8 Å². The maximum Gasteiger partial charge on any atom is 0.251 e. The van der Waals surface area contributed by atoms with Gasteiger partial charge >= 0.3 is 0 Å². The molecule has 0 aliphatic carbocycles. The molecule has 2 N–H and O–H groups in total. The zero-order chi connectivity index (χ0) is 14.4. The fraction of sp³-hybridized carbons (Fsp3) is 0.571. The number of carbonyl (C=O) groups is 1. The van der Waals surface area contributed by atoms with E-state index in [4.69, 9.17) is 0 Å². The first kappa shape index (κ1) is 15.4. The molecule has 0 fully saturated rings. The Hall–Kier alpha value is -1.62. The second-order valence-corrected chi connectivity index (χ2v) is 4.72. The summed E-state index contributed by atoms with van der Waals surface area (Å²) >= 11 is 0. The third-order valence-electron chi connectivity index (χ3n) is 3.43. The fourth-order valence-corrected chi connectivity index (χ4v) is 1.99. The number of amides is 1. The number of aromatic nitrogens is 1. The molecule has 5 nitrogen and oxygen atoms in total. The molecule has 106 valence electrons. The molecule has 5 heteroatoms. The summed E-state index contributed by atoms with van der Waals surface area (Å²) in [6, 6.07) is 2.87. The molecule has 1 rings (SSSR count). The molecule has 0 bridgehead atoms. The highest BCUT2D eigenvalue weighted by Gasteiger charge is 2.16. The van der Waals surface area contributed by atoms with Gasteiger partial charge in [-0.15, -0.1) is 0 Å². The lowest BCUT2D eigenvalue weighted by Crippen LogP contribution is -2.36. The van der Waals surface area contributed by atoms with Gasteiger partial charge < -0.3 is 15.0 Å². The highest BCUT2D eigenvalue weighted by molar-refractivity contribution is 5.93. The Morgan fingerprint density at radius 1 is 1.42 bits per heavy atom. The summed E-state index contributed by atoms with van der Waals surface area (Å²) in [4.78, 5) is 23.3. The van der Waals surface area contributed by atoms with Crippen molar-refractivity contribution in [3.05, 3.63) is 34.2 Å². The summed E-state index contributed by atoms with van der Waals surface area (Å²) in [7, 11) is 1.63. The van der Waals surface area contributed by atoms with E-state index >= 15 is 0 Å². The number of hydrogen-bond acceptors (Lipinski definition) is 3. The monoisotopic (exact) mass is 266 g/mol. The summed E-state index contributed by atoms with van der Waals surface area (Å²) in [5, 5.41) is 12.6. The SMILES string of the molecule is CCC(CC)C(O)CNC(=O)c1ccn(C)c(=O)c1. The first-order valence-corrected chi connectivity index (χ1v) is 6.62. The number of carbonyl (C=O) groups excluding carboxylic acids is 1. The van der Waals surface area contributed by atoms with Crippen LogP contribution in [0.5, 0.6) is 0 Å². The topological polar surface area (TPSA) is 71.3 Å². The number of hydrogen-bond donors (Lipinski definition) is 2. The first-order valence-electron chi connectivity index (χ1n) is 6.62. The van der Waals surface area contributed by atoms with Crippen molar-refractivity contribution in [2.75, 3.05) is 6.54 Å². The van der Waals surface area contributed by atoms with Crippen LogP contribution in [-0.4, -0.2) is 28.2 Å². The van der Waals surface area contributed by atoms with Gasteiger partial charge in [-0.2, -0.15) is 0 Å². The number of rotatable bonds is 6. The normalized spacial score (nSPS) is 12.5. The van der Waals surface area contributed by atoms with Crippen LogP contribution in [0.1, 0.15) is 37.0 Å². The van der Waals surface area contributed by atoms with Gasteiger partial charge in [0.15, 0.2) is 0 Å². The van der Waals surface area contributed by atoms with Gasteiger partial charge in [0.25, 0.3) is 11.5 Å². The molecule has 1 amide bonds. The van der Waals surface area contributed by atoms with Crippen molar-refractivity contribution in [3.63, 3.8) is 0 Å². The number of nitrogens with zero attached hydrogens (tertiary/aromatic N) is 1. The standard InChI is InChI=1S/C14H22N2O3/c1-4-10(5-2)12(17)9-15-14(19)11-6-7-16(3)13(18)8-11/h6-8,10,12,17H,4-5,9H2,1-3H3,(H,15,19). The van der Waals surface area contributed by atoms with Gasteiger partial charge in [0.1, 0.15) is 0 Å². The largest absolute Gasteiger partial charge is 0.391 e. The van der Waals surface area contributed by atoms with Gasteiger partial charge in [-0.1, -0.05) is 26.7 Å². The average molecular weight is 266 g/mol. The Bertz CT molecular complexity index is 478. The average Bonchev–Trinajstić information content (AvgIpc) is 2.40. The zero-order valence-electron chi connectivity index (χ0n) is 11.7. The minimum atomic E-state index is -0.550. The van der Waals surface area contributed by atoms with Crippen molar-refractivity contribution in [2.45, 2.75) is 32.8 Å². The lowest BCUT2D eigenvalue weighted by Gasteiger charge is -2.20. The van der Waals surface area contributed by atoms with Gasteiger partial charge in [-0.05, 0) is 12.0 Å². The molecule has 1 aromatic heterocycles. The molecule has 0 radical (unpaired) electrons. The molecule has 1 heterocycles. The van der Waals surface area contributed by atoms with Gasteiger partial charge in [0, 0.05) is 31.4 Å². The predicted molar refractivity (Wildman–Crippen MR) is 74.1 cm³/mol. The molecule has 1 unspecified atom stereocenters. The van der Waals surface area contributed by atoms with Crippen molar-refractivity contribution in [3.8, 4) is 0 Å². The zero-order valence-corrected chi connectivity index (χ0v) is 11.7. The molecule has 0 aliphatic heterocycles. The number of aliphatic hydroxyl groups is 1. The molecule has 0 aliphatic rings. The van der Waals surface area contributed by atoms with Gasteiger partial charge in [-0.25, -0.2) is 0 Å².